The molecule has 1 N–H and O–H groups in total. The van der Waals surface area contributed by atoms with Gasteiger partial charge in [-0.05, 0) is 51.5 Å². The third-order valence-corrected chi connectivity index (χ3v) is 5.76. The zero-order valence-electron chi connectivity index (χ0n) is 19.1. The fraction of sp³-hybridized carbons (Fsp3) is 0.320. The monoisotopic (exact) mass is 431 g/mol. The molecule has 7 nitrogen and oxygen atoms in total. The van der Waals surface area contributed by atoms with Gasteiger partial charge >= 0.3 is 5.69 Å². The van der Waals surface area contributed by atoms with Gasteiger partial charge in [0.05, 0.1) is 22.9 Å². The molecule has 2 heterocycles. The van der Waals surface area contributed by atoms with Gasteiger partial charge in [0.25, 0.3) is 0 Å². The van der Waals surface area contributed by atoms with Crippen LogP contribution in [-0.2, 0) is 24.4 Å². The Kier molecular flexibility index (Phi) is 5.99. The van der Waals surface area contributed by atoms with E-state index in [0.29, 0.717) is 19.6 Å². The second-order valence-corrected chi connectivity index (χ2v) is 7.86. The van der Waals surface area contributed by atoms with Crippen molar-refractivity contribution in [1.29, 1.82) is 0 Å². The van der Waals surface area contributed by atoms with Gasteiger partial charge in [-0.2, -0.15) is 5.10 Å². The quantitative estimate of drug-likeness (QED) is 0.483. The van der Waals surface area contributed by atoms with Crippen LogP contribution in [0.5, 0.6) is 0 Å². The number of benzene rings is 2. The van der Waals surface area contributed by atoms with Crippen molar-refractivity contribution in [2.24, 2.45) is 0 Å². The number of carbonyl (C=O) groups is 1. The largest absolute Gasteiger partial charge is 0.355 e. The zero-order chi connectivity index (χ0) is 22.8. The molecule has 0 spiro atoms. The van der Waals surface area contributed by atoms with Crippen LogP contribution >= 0.6 is 0 Å². The Morgan fingerprint density at radius 2 is 1.72 bits per heavy atom. The fourth-order valence-electron chi connectivity index (χ4n) is 4.30. The van der Waals surface area contributed by atoms with Gasteiger partial charge in [0.1, 0.15) is 6.54 Å². The van der Waals surface area contributed by atoms with E-state index in [-0.39, 0.29) is 18.1 Å². The van der Waals surface area contributed by atoms with Crippen molar-refractivity contribution >= 4 is 16.9 Å². The van der Waals surface area contributed by atoms with E-state index in [2.05, 4.69) is 22.5 Å². The van der Waals surface area contributed by atoms with Gasteiger partial charge in [0.15, 0.2) is 0 Å². The van der Waals surface area contributed by atoms with Crippen molar-refractivity contribution in [2.75, 3.05) is 6.54 Å². The number of fused-ring (bicyclic) bond motifs is 1. The van der Waals surface area contributed by atoms with E-state index in [1.165, 1.54) is 0 Å². The standard InChI is InChI=1S/C25H29N5O2/c1-5-26-23(31)16-30-24(19-10-8-9-17(4)13-19)20(15-27-30)18-11-12-21-22(14-18)29(7-3)25(32)28(21)6-2/h8-15H,5-7,16H2,1-4H3,(H,26,31). The summed E-state index contributed by atoms with van der Waals surface area (Å²) in [5.74, 6) is -0.0775. The molecule has 1 amide bonds. The van der Waals surface area contributed by atoms with Crippen molar-refractivity contribution < 1.29 is 4.79 Å². The van der Waals surface area contributed by atoms with Crippen LogP contribution < -0.4 is 11.0 Å². The van der Waals surface area contributed by atoms with Crippen LogP contribution in [0.1, 0.15) is 26.3 Å². The number of carbonyl (C=O) groups excluding carboxylic acids is 1. The molecule has 0 aliphatic rings. The van der Waals surface area contributed by atoms with Crippen LogP contribution in [0.4, 0.5) is 0 Å². The summed E-state index contributed by atoms with van der Waals surface area (Å²) in [5, 5.41) is 7.41. The number of imidazole rings is 1. The lowest BCUT2D eigenvalue weighted by Gasteiger charge is -2.11. The molecule has 0 saturated heterocycles. The smallest absolute Gasteiger partial charge is 0.329 e. The summed E-state index contributed by atoms with van der Waals surface area (Å²) in [6.45, 7) is 9.86. The van der Waals surface area contributed by atoms with Crippen molar-refractivity contribution in [2.45, 2.75) is 47.3 Å². The lowest BCUT2D eigenvalue weighted by molar-refractivity contribution is -0.121. The number of hydrogen-bond acceptors (Lipinski definition) is 3. The van der Waals surface area contributed by atoms with Crippen LogP contribution in [0, 0.1) is 6.92 Å². The first-order valence-electron chi connectivity index (χ1n) is 11.1. The molecular weight excluding hydrogens is 402 g/mol. The first kappa shape index (κ1) is 21.6. The average Bonchev–Trinajstić information content (AvgIpc) is 3.30. The van der Waals surface area contributed by atoms with E-state index in [1.807, 2.05) is 64.2 Å². The molecule has 4 rings (SSSR count). The van der Waals surface area contributed by atoms with Crippen LogP contribution in [0.25, 0.3) is 33.4 Å². The van der Waals surface area contributed by atoms with E-state index < -0.39 is 0 Å². The Labute approximate surface area is 187 Å². The highest BCUT2D eigenvalue weighted by molar-refractivity contribution is 5.88. The predicted octanol–water partition coefficient (Wildman–Crippen LogP) is 3.82. The molecule has 7 heteroatoms. The summed E-state index contributed by atoms with van der Waals surface area (Å²) >= 11 is 0. The molecule has 4 aromatic rings. The Balaban J connectivity index is 1.92. The number of likely N-dealkylation sites (N-methyl/N-ethyl adjacent to an activating group) is 1. The minimum atomic E-state index is -0.0775. The normalized spacial score (nSPS) is 11.2. The van der Waals surface area contributed by atoms with Gasteiger partial charge in [-0.25, -0.2) is 4.79 Å². The summed E-state index contributed by atoms with van der Waals surface area (Å²) in [7, 11) is 0. The summed E-state index contributed by atoms with van der Waals surface area (Å²) in [4.78, 5) is 25.1. The van der Waals surface area contributed by atoms with Gasteiger partial charge in [-0.15, -0.1) is 0 Å². The number of aryl methyl sites for hydroxylation is 3. The maximum atomic E-state index is 12.8. The number of amides is 1. The van der Waals surface area contributed by atoms with Gasteiger partial charge in [0, 0.05) is 30.8 Å². The molecule has 2 aromatic heterocycles. The lowest BCUT2D eigenvalue weighted by atomic mass is 10.00. The molecule has 32 heavy (non-hydrogen) atoms. The highest BCUT2D eigenvalue weighted by atomic mass is 16.2. The minimum absolute atomic E-state index is 0.00740. The first-order valence-corrected chi connectivity index (χ1v) is 11.1. The highest BCUT2D eigenvalue weighted by Gasteiger charge is 2.19. The third-order valence-electron chi connectivity index (χ3n) is 5.76. The summed E-state index contributed by atoms with van der Waals surface area (Å²) < 4.78 is 5.35. The molecule has 166 valence electrons. The molecule has 0 aliphatic carbocycles. The predicted molar refractivity (Wildman–Crippen MR) is 128 cm³/mol. The third kappa shape index (κ3) is 3.75. The maximum absolute atomic E-state index is 12.8. The average molecular weight is 432 g/mol. The van der Waals surface area contributed by atoms with Gasteiger partial charge in [0.2, 0.25) is 5.91 Å². The molecule has 0 atom stereocenters. The molecule has 2 aromatic carbocycles. The molecule has 0 saturated carbocycles. The van der Waals surface area contributed by atoms with Gasteiger partial charge < -0.3 is 5.32 Å². The summed E-state index contributed by atoms with van der Waals surface area (Å²) in [6, 6.07) is 14.3. The zero-order valence-corrected chi connectivity index (χ0v) is 19.1. The van der Waals surface area contributed by atoms with E-state index in [1.54, 1.807) is 13.8 Å². The van der Waals surface area contributed by atoms with E-state index in [9.17, 15) is 9.59 Å². The topological polar surface area (TPSA) is 73.8 Å². The maximum Gasteiger partial charge on any atom is 0.329 e. The lowest BCUT2D eigenvalue weighted by Crippen LogP contribution is -2.27. The Hall–Kier alpha value is -3.61. The fourth-order valence-corrected chi connectivity index (χ4v) is 4.30. The molecular formula is C25H29N5O2. The number of rotatable bonds is 7. The first-order chi connectivity index (χ1) is 15.5. The van der Waals surface area contributed by atoms with Crippen LogP contribution in [-0.4, -0.2) is 31.4 Å². The molecule has 0 unspecified atom stereocenters. The number of hydrogen-bond donors (Lipinski definition) is 1. The van der Waals surface area contributed by atoms with Crippen molar-refractivity contribution in [3.05, 3.63) is 64.7 Å². The Bertz CT molecular complexity index is 1340. The molecule has 0 bridgehead atoms. The van der Waals surface area contributed by atoms with Gasteiger partial charge in [-0.3, -0.25) is 18.6 Å². The van der Waals surface area contributed by atoms with Crippen LogP contribution in [0.15, 0.2) is 53.5 Å². The summed E-state index contributed by atoms with van der Waals surface area (Å²) in [6.07, 6.45) is 1.81. The molecule has 0 aliphatic heterocycles. The van der Waals surface area contributed by atoms with Crippen LogP contribution in [0.2, 0.25) is 0 Å². The highest BCUT2D eigenvalue weighted by Crippen LogP contribution is 2.34. The second kappa shape index (κ2) is 8.86. The SMILES string of the molecule is CCNC(=O)Cn1ncc(-c2ccc3c(c2)n(CC)c(=O)n3CC)c1-c1cccc(C)c1. The number of nitrogens with one attached hydrogen (secondary N) is 1. The van der Waals surface area contributed by atoms with E-state index >= 15 is 0 Å². The van der Waals surface area contributed by atoms with E-state index in [0.717, 1.165) is 39.0 Å². The van der Waals surface area contributed by atoms with Crippen LogP contribution in [0.3, 0.4) is 0 Å². The second-order valence-electron chi connectivity index (χ2n) is 7.86. The van der Waals surface area contributed by atoms with E-state index in [4.69, 9.17) is 0 Å². The van der Waals surface area contributed by atoms with Gasteiger partial charge in [-0.1, -0.05) is 29.8 Å². The van der Waals surface area contributed by atoms with Crippen molar-refractivity contribution in [3.63, 3.8) is 0 Å². The Morgan fingerprint density at radius 3 is 2.41 bits per heavy atom. The molecule has 0 fully saturated rings. The molecule has 0 radical (unpaired) electrons. The number of nitrogens with zero attached hydrogens (tertiary/aromatic N) is 4. The Morgan fingerprint density at radius 1 is 0.969 bits per heavy atom. The summed E-state index contributed by atoms with van der Waals surface area (Å²) in [5.41, 5.74) is 6.76. The van der Waals surface area contributed by atoms with Crippen molar-refractivity contribution in [3.8, 4) is 22.4 Å². The number of aromatic nitrogens is 4. The minimum Gasteiger partial charge on any atom is -0.355 e. The van der Waals surface area contributed by atoms with Crippen molar-refractivity contribution in [1.82, 2.24) is 24.2 Å².